The lowest BCUT2D eigenvalue weighted by atomic mass is 9.90. The minimum absolute atomic E-state index is 0.191. The summed E-state index contributed by atoms with van der Waals surface area (Å²) >= 11 is 1.20. The zero-order valence-corrected chi connectivity index (χ0v) is 14.6. The summed E-state index contributed by atoms with van der Waals surface area (Å²) in [7, 11) is 0. The normalized spacial score (nSPS) is 14.0. The monoisotopic (exact) mass is 362 g/mol. The van der Waals surface area contributed by atoms with Crippen molar-refractivity contribution < 1.29 is 13.2 Å². The highest BCUT2D eigenvalue weighted by atomic mass is 32.2. The lowest BCUT2D eigenvalue weighted by Crippen LogP contribution is -2.19. The van der Waals surface area contributed by atoms with Crippen LogP contribution in [0.5, 0.6) is 0 Å². The maximum atomic E-state index is 13.6. The molecule has 130 valence electrons. The number of hydrogen-bond acceptors (Lipinski definition) is 3. The van der Waals surface area contributed by atoms with E-state index in [1.165, 1.54) is 11.8 Å². The van der Waals surface area contributed by atoms with Crippen LogP contribution in [0.15, 0.2) is 29.3 Å². The Kier molecular flexibility index (Phi) is 5.05. The first-order valence-electron chi connectivity index (χ1n) is 8.11. The van der Waals surface area contributed by atoms with E-state index in [4.69, 9.17) is 0 Å². The van der Waals surface area contributed by atoms with Gasteiger partial charge in [0.2, 0.25) is 0 Å². The van der Waals surface area contributed by atoms with Gasteiger partial charge in [-0.2, -0.15) is 18.4 Å². The van der Waals surface area contributed by atoms with Gasteiger partial charge in [0.15, 0.2) is 0 Å². The molecule has 0 amide bonds. The third kappa shape index (κ3) is 3.82. The molecular weight excluding hydrogens is 345 g/mol. The Morgan fingerprint density at radius 2 is 1.84 bits per heavy atom. The van der Waals surface area contributed by atoms with E-state index in [1.807, 2.05) is 31.2 Å². The number of halogens is 3. The number of nitrogens with zero attached hydrogens (tertiary/aromatic N) is 2. The predicted octanol–water partition coefficient (Wildman–Crippen LogP) is 5.45. The van der Waals surface area contributed by atoms with Gasteiger partial charge in [0.05, 0.1) is 11.1 Å². The number of hydrogen-bond donors (Lipinski definition) is 0. The quantitative estimate of drug-likeness (QED) is 0.681. The first kappa shape index (κ1) is 17.8. The number of aromatic nitrogens is 1. The molecule has 1 heterocycles. The van der Waals surface area contributed by atoms with Crippen LogP contribution in [0.3, 0.4) is 0 Å². The molecule has 1 aromatic heterocycles. The average molecular weight is 362 g/mol. The summed E-state index contributed by atoms with van der Waals surface area (Å²) in [4.78, 5) is 4.43. The highest BCUT2D eigenvalue weighted by Gasteiger charge is 2.39. The number of nitriles is 1. The van der Waals surface area contributed by atoms with Crippen molar-refractivity contribution in [1.29, 1.82) is 5.26 Å². The van der Waals surface area contributed by atoms with E-state index in [0.717, 1.165) is 17.5 Å². The molecule has 1 aliphatic carbocycles. The second kappa shape index (κ2) is 7.09. The maximum Gasteiger partial charge on any atom is 0.418 e. The summed E-state index contributed by atoms with van der Waals surface area (Å²) in [6.07, 6.45) is -2.10. The molecule has 0 spiro atoms. The Bertz CT molecular complexity index is 821. The zero-order valence-electron chi connectivity index (χ0n) is 13.8. The lowest BCUT2D eigenvalue weighted by Gasteiger charge is -2.22. The van der Waals surface area contributed by atoms with Crippen molar-refractivity contribution in [3.8, 4) is 6.07 Å². The van der Waals surface area contributed by atoms with E-state index in [-0.39, 0.29) is 16.2 Å². The van der Waals surface area contributed by atoms with Crippen LogP contribution in [-0.2, 0) is 24.8 Å². The van der Waals surface area contributed by atoms with Gasteiger partial charge in [-0.1, -0.05) is 29.8 Å². The average Bonchev–Trinajstić information content (AvgIpc) is 2.59. The number of benzene rings is 1. The summed E-state index contributed by atoms with van der Waals surface area (Å²) in [6, 6.07) is 9.57. The zero-order chi connectivity index (χ0) is 18.0. The van der Waals surface area contributed by atoms with Crippen LogP contribution in [-0.4, -0.2) is 4.98 Å². The number of fused-ring (bicyclic) bond motifs is 1. The van der Waals surface area contributed by atoms with Gasteiger partial charge < -0.3 is 0 Å². The van der Waals surface area contributed by atoms with Crippen LogP contribution < -0.4 is 0 Å². The van der Waals surface area contributed by atoms with E-state index in [9.17, 15) is 18.4 Å². The Morgan fingerprint density at radius 3 is 2.48 bits per heavy atom. The molecular formula is C19H17F3N2S. The Labute approximate surface area is 149 Å². The molecule has 2 nitrogen and oxygen atoms in total. The van der Waals surface area contributed by atoms with Crippen LogP contribution >= 0.6 is 11.8 Å². The summed E-state index contributed by atoms with van der Waals surface area (Å²) in [5.74, 6) is 0.484. The van der Waals surface area contributed by atoms with Crippen LogP contribution in [0.2, 0.25) is 0 Å². The van der Waals surface area contributed by atoms with Gasteiger partial charge >= 0.3 is 6.18 Å². The molecule has 0 atom stereocenters. The summed E-state index contributed by atoms with van der Waals surface area (Å²) < 4.78 is 40.9. The largest absolute Gasteiger partial charge is 0.418 e. The van der Waals surface area contributed by atoms with Crippen molar-refractivity contribution in [3.63, 3.8) is 0 Å². The van der Waals surface area contributed by atoms with Crippen molar-refractivity contribution in [2.75, 3.05) is 0 Å². The van der Waals surface area contributed by atoms with Gasteiger partial charge in [-0.05, 0) is 43.7 Å². The molecule has 0 N–H and O–H groups in total. The van der Waals surface area contributed by atoms with E-state index in [1.54, 1.807) is 6.07 Å². The standard InChI is InChI=1S/C19H17F3N2S/c1-12-6-8-13(9-7-12)11-25-18-15(10-23)17(19(20,21)22)14-4-2-3-5-16(14)24-18/h6-9H,2-5,11H2,1H3. The lowest BCUT2D eigenvalue weighted by molar-refractivity contribution is -0.138. The summed E-state index contributed by atoms with van der Waals surface area (Å²) in [5.41, 5.74) is 1.74. The van der Waals surface area contributed by atoms with Crippen molar-refractivity contribution >= 4 is 11.8 Å². The fraction of sp³-hybridized carbons (Fsp3) is 0.368. The molecule has 1 aromatic carbocycles. The molecule has 0 aliphatic heterocycles. The number of thioether (sulfide) groups is 1. The molecule has 0 bridgehead atoms. The molecule has 1 aliphatic rings. The fourth-order valence-corrected chi connectivity index (χ4v) is 4.04. The van der Waals surface area contributed by atoms with Crippen LogP contribution in [0, 0.1) is 18.3 Å². The van der Waals surface area contributed by atoms with Crippen LogP contribution in [0.1, 0.15) is 46.4 Å². The number of aryl methyl sites for hydroxylation is 2. The van der Waals surface area contributed by atoms with E-state index in [2.05, 4.69) is 4.98 Å². The third-order valence-electron chi connectivity index (χ3n) is 4.33. The van der Waals surface area contributed by atoms with Gasteiger partial charge in [0, 0.05) is 11.4 Å². The molecule has 3 rings (SSSR count). The van der Waals surface area contributed by atoms with Crippen molar-refractivity contribution in [3.05, 3.63) is 57.8 Å². The van der Waals surface area contributed by atoms with E-state index in [0.29, 0.717) is 30.7 Å². The van der Waals surface area contributed by atoms with Gasteiger partial charge in [-0.15, -0.1) is 11.8 Å². The van der Waals surface area contributed by atoms with Crippen LogP contribution in [0.4, 0.5) is 13.2 Å². The van der Waals surface area contributed by atoms with E-state index < -0.39 is 11.7 Å². The molecule has 0 radical (unpaired) electrons. The molecule has 0 saturated heterocycles. The topological polar surface area (TPSA) is 36.7 Å². The Balaban J connectivity index is 2.01. The van der Waals surface area contributed by atoms with Crippen molar-refractivity contribution in [1.82, 2.24) is 4.98 Å². The van der Waals surface area contributed by atoms with Crippen molar-refractivity contribution in [2.45, 2.75) is 49.6 Å². The molecule has 0 fully saturated rings. The second-order valence-electron chi connectivity index (χ2n) is 6.18. The van der Waals surface area contributed by atoms with E-state index >= 15 is 0 Å². The molecule has 0 unspecified atom stereocenters. The smallest absolute Gasteiger partial charge is 0.245 e. The van der Waals surface area contributed by atoms with Gasteiger partial charge in [0.1, 0.15) is 11.1 Å². The SMILES string of the molecule is Cc1ccc(CSc2nc3c(c(C(F)(F)F)c2C#N)CCCC3)cc1. The van der Waals surface area contributed by atoms with Crippen molar-refractivity contribution in [2.24, 2.45) is 0 Å². The predicted molar refractivity (Wildman–Crippen MR) is 91.3 cm³/mol. The molecule has 6 heteroatoms. The van der Waals surface area contributed by atoms with Crippen LogP contribution in [0.25, 0.3) is 0 Å². The minimum atomic E-state index is -4.53. The number of alkyl halides is 3. The number of rotatable bonds is 3. The third-order valence-corrected chi connectivity index (χ3v) is 5.38. The first-order valence-corrected chi connectivity index (χ1v) is 9.10. The Morgan fingerprint density at radius 1 is 1.16 bits per heavy atom. The minimum Gasteiger partial charge on any atom is -0.245 e. The Hall–Kier alpha value is -2.00. The first-order chi connectivity index (χ1) is 11.9. The molecule has 0 saturated carbocycles. The maximum absolute atomic E-state index is 13.6. The summed E-state index contributed by atoms with van der Waals surface area (Å²) in [5, 5.41) is 9.59. The summed E-state index contributed by atoms with van der Waals surface area (Å²) in [6.45, 7) is 1.98. The number of pyridine rings is 1. The van der Waals surface area contributed by atoms with Gasteiger partial charge in [-0.25, -0.2) is 4.98 Å². The highest BCUT2D eigenvalue weighted by Crippen LogP contribution is 2.41. The second-order valence-corrected chi connectivity index (χ2v) is 7.15. The van der Waals surface area contributed by atoms with Gasteiger partial charge in [0.25, 0.3) is 0 Å². The molecule has 2 aromatic rings. The molecule has 25 heavy (non-hydrogen) atoms. The van der Waals surface area contributed by atoms with Gasteiger partial charge in [-0.3, -0.25) is 0 Å². The fourth-order valence-electron chi connectivity index (χ4n) is 3.08. The highest BCUT2D eigenvalue weighted by molar-refractivity contribution is 7.98.